The topological polar surface area (TPSA) is 76.6 Å². The monoisotopic (exact) mass is 486 g/mol. The molecule has 0 N–H and O–H groups in total. The highest BCUT2D eigenvalue weighted by Crippen LogP contribution is 2.31. The maximum atomic E-state index is 13.5. The SMILES string of the molecule is CCc1cc(S(C)(=O)=O)ccc1C(=O)N1CCOc2ccc(-c3cnc4ccccc4c3)cc2C1. The number of fused-ring (bicyclic) bond motifs is 2. The van der Waals surface area contributed by atoms with E-state index >= 15 is 0 Å². The second kappa shape index (κ2) is 9.15. The Morgan fingerprint density at radius 1 is 1.03 bits per heavy atom. The van der Waals surface area contributed by atoms with Crippen LogP contribution in [-0.2, 0) is 22.8 Å². The summed E-state index contributed by atoms with van der Waals surface area (Å²) in [5, 5.41) is 1.07. The molecule has 4 aromatic rings. The summed E-state index contributed by atoms with van der Waals surface area (Å²) in [4.78, 5) is 20.1. The van der Waals surface area contributed by atoms with Crippen molar-refractivity contribution in [2.75, 3.05) is 19.4 Å². The average molecular weight is 487 g/mol. The van der Waals surface area contributed by atoms with Crippen LogP contribution >= 0.6 is 0 Å². The summed E-state index contributed by atoms with van der Waals surface area (Å²) < 4.78 is 29.9. The van der Waals surface area contributed by atoms with Crippen LogP contribution in [0.2, 0.25) is 0 Å². The van der Waals surface area contributed by atoms with Crippen molar-refractivity contribution in [3.8, 4) is 16.9 Å². The number of carbonyl (C=O) groups excluding carboxylic acids is 1. The highest BCUT2D eigenvalue weighted by molar-refractivity contribution is 7.90. The van der Waals surface area contributed by atoms with Crippen molar-refractivity contribution in [2.24, 2.45) is 0 Å². The molecule has 5 rings (SSSR count). The van der Waals surface area contributed by atoms with Crippen LogP contribution in [0.15, 0.2) is 77.8 Å². The molecule has 0 radical (unpaired) electrons. The van der Waals surface area contributed by atoms with Gasteiger partial charge >= 0.3 is 0 Å². The van der Waals surface area contributed by atoms with Gasteiger partial charge in [0.2, 0.25) is 0 Å². The molecule has 3 aromatic carbocycles. The zero-order chi connectivity index (χ0) is 24.6. The summed E-state index contributed by atoms with van der Waals surface area (Å²) in [6.07, 6.45) is 3.60. The summed E-state index contributed by atoms with van der Waals surface area (Å²) in [6.45, 7) is 3.15. The molecule has 6 nitrogen and oxygen atoms in total. The predicted molar refractivity (Wildman–Crippen MR) is 136 cm³/mol. The summed E-state index contributed by atoms with van der Waals surface area (Å²) in [5.41, 5.74) is 5.12. The highest BCUT2D eigenvalue weighted by atomic mass is 32.2. The normalized spacial score (nSPS) is 13.7. The van der Waals surface area contributed by atoms with Crippen LogP contribution in [-0.4, -0.2) is 43.6 Å². The zero-order valence-electron chi connectivity index (χ0n) is 19.7. The standard InChI is InChI=1S/C28H26N2O4S/c1-3-19-16-24(35(2,32)33)9-10-25(19)28(31)30-12-13-34-27-11-8-20(14-23(27)18-30)22-15-21-6-4-5-7-26(21)29-17-22/h4-11,14-17H,3,12-13,18H2,1-2H3. The second-order valence-electron chi connectivity index (χ2n) is 8.76. The molecule has 1 aliphatic rings. The van der Waals surface area contributed by atoms with Gasteiger partial charge in [0.15, 0.2) is 9.84 Å². The molecule has 0 unspecified atom stereocenters. The Kier molecular flexibility index (Phi) is 6.03. The first-order valence-corrected chi connectivity index (χ1v) is 13.5. The molecule has 1 aromatic heterocycles. The first-order chi connectivity index (χ1) is 16.8. The van der Waals surface area contributed by atoms with Crippen LogP contribution in [0.5, 0.6) is 5.75 Å². The molecule has 0 aliphatic carbocycles. The van der Waals surface area contributed by atoms with Crippen molar-refractivity contribution in [1.82, 2.24) is 9.88 Å². The van der Waals surface area contributed by atoms with Crippen molar-refractivity contribution in [2.45, 2.75) is 24.8 Å². The number of pyridine rings is 1. The van der Waals surface area contributed by atoms with Crippen LogP contribution in [0, 0.1) is 0 Å². The Hall–Kier alpha value is -3.71. The molecule has 2 heterocycles. The van der Waals surface area contributed by atoms with Crippen molar-refractivity contribution in [1.29, 1.82) is 0 Å². The quantitative estimate of drug-likeness (QED) is 0.410. The van der Waals surface area contributed by atoms with Crippen LogP contribution in [0.4, 0.5) is 0 Å². The van der Waals surface area contributed by atoms with Crippen LogP contribution in [0.1, 0.15) is 28.4 Å². The number of hydrogen-bond donors (Lipinski definition) is 0. The lowest BCUT2D eigenvalue weighted by Gasteiger charge is -2.22. The minimum atomic E-state index is -3.34. The summed E-state index contributed by atoms with van der Waals surface area (Å²) in [5.74, 6) is 0.636. The first-order valence-electron chi connectivity index (χ1n) is 11.6. The Morgan fingerprint density at radius 2 is 1.86 bits per heavy atom. The molecule has 1 amide bonds. The van der Waals surface area contributed by atoms with Gasteiger partial charge in [0.25, 0.3) is 5.91 Å². The molecule has 178 valence electrons. The van der Waals surface area contributed by atoms with Gasteiger partial charge in [-0.2, -0.15) is 0 Å². The molecular weight excluding hydrogens is 460 g/mol. The largest absolute Gasteiger partial charge is 0.491 e. The van der Waals surface area contributed by atoms with Gasteiger partial charge in [0, 0.05) is 41.1 Å². The summed E-state index contributed by atoms with van der Waals surface area (Å²) in [6, 6.07) is 20.9. The van der Waals surface area contributed by atoms with Gasteiger partial charge in [-0.1, -0.05) is 31.2 Å². The maximum absolute atomic E-state index is 13.5. The van der Waals surface area contributed by atoms with E-state index in [1.807, 2.05) is 49.5 Å². The van der Waals surface area contributed by atoms with Gasteiger partial charge in [-0.15, -0.1) is 0 Å². The van der Waals surface area contributed by atoms with Crippen LogP contribution in [0.25, 0.3) is 22.0 Å². The van der Waals surface area contributed by atoms with Crippen molar-refractivity contribution in [3.05, 3.63) is 89.6 Å². The predicted octanol–water partition coefficient (Wildman–Crippen LogP) is 4.90. The third-order valence-corrected chi connectivity index (χ3v) is 7.48. The fourth-order valence-corrected chi connectivity index (χ4v) is 5.12. The van der Waals surface area contributed by atoms with Crippen molar-refractivity contribution in [3.63, 3.8) is 0 Å². The summed E-state index contributed by atoms with van der Waals surface area (Å²) >= 11 is 0. The molecule has 0 fully saturated rings. The van der Waals surface area contributed by atoms with Gasteiger partial charge in [-0.05, 0) is 60.0 Å². The molecule has 7 heteroatoms. The Bertz CT molecular complexity index is 1550. The average Bonchev–Trinajstić information content (AvgIpc) is 3.09. The number of carbonyl (C=O) groups is 1. The number of hydrogen-bond acceptors (Lipinski definition) is 5. The minimum Gasteiger partial charge on any atom is -0.491 e. The fraction of sp³-hybridized carbons (Fsp3) is 0.214. The number of aromatic nitrogens is 1. The third kappa shape index (κ3) is 4.64. The molecule has 0 atom stereocenters. The molecular formula is C28H26N2O4S. The number of benzene rings is 3. The molecule has 0 saturated carbocycles. The Labute approximate surface area is 205 Å². The lowest BCUT2D eigenvalue weighted by atomic mass is 10.0. The Morgan fingerprint density at radius 3 is 2.66 bits per heavy atom. The highest BCUT2D eigenvalue weighted by Gasteiger charge is 2.24. The van der Waals surface area contributed by atoms with E-state index in [-0.39, 0.29) is 10.8 Å². The van der Waals surface area contributed by atoms with E-state index in [4.69, 9.17) is 4.74 Å². The van der Waals surface area contributed by atoms with Crippen LogP contribution in [0.3, 0.4) is 0 Å². The number of sulfone groups is 1. The van der Waals surface area contributed by atoms with E-state index < -0.39 is 9.84 Å². The first kappa shape index (κ1) is 23.1. The fourth-order valence-electron chi connectivity index (χ4n) is 4.45. The molecule has 0 saturated heterocycles. The number of aryl methyl sites for hydroxylation is 1. The van der Waals surface area contributed by atoms with Gasteiger partial charge in [-0.3, -0.25) is 9.78 Å². The van der Waals surface area contributed by atoms with Gasteiger partial charge < -0.3 is 9.64 Å². The molecule has 0 spiro atoms. The number of para-hydroxylation sites is 1. The number of rotatable bonds is 4. The minimum absolute atomic E-state index is 0.129. The van der Waals surface area contributed by atoms with Crippen LogP contribution < -0.4 is 4.74 Å². The lowest BCUT2D eigenvalue weighted by Crippen LogP contribution is -2.33. The van der Waals surface area contributed by atoms with E-state index in [1.165, 1.54) is 12.3 Å². The number of nitrogens with zero attached hydrogens (tertiary/aromatic N) is 2. The molecule has 1 aliphatic heterocycles. The maximum Gasteiger partial charge on any atom is 0.254 e. The van der Waals surface area contributed by atoms with E-state index in [0.717, 1.165) is 38.9 Å². The van der Waals surface area contributed by atoms with Crippen molar-refractivity contribution >= 4 is 26.6 Å². The summed E-state index contributed by atoms with van der Waals surface area (Å²) in [7, 11) is -3.34. The molecule has 0 bridgehead atoms. The second-order valence-corrected chi connectivity index (χ2v) is 10.8. The van der Waals surface area contributed by atoms with E-state index in [0.29, 0.717) is 31.7 Å². The molecule has 35 heavy (non-hydrogen) atoms. The zero-order valence-corrected chi connectivity index (χ0v) is 20.5. The van der Waals surface area contributed by atoms with Gasteiger partial charge in [0.05, 0.1) is 17.0 Å². The Balaban J connectivity index is 1.46. The van der Waals surface area contributed by atoms with E-state index in [2.05, 4.69) is 17.1 Å². The van der Waals surface area contributed by atoms with E-state index in [9.17, 15) is 13.2 Å². The number of ether oxygens (including phenoxy) is 1. The third-order valence-electron chi connectivity index (χ3n) is 6.37. The smallest absolute Gasteiger partial charge is 0.254 e. The lowest BCUT2D eigenvalue weighted by molar-refractivity contribution is 0.0732. The number of amides is 1. The van der Waals surface area contributed by atoms with Gasteiger partial charge in [-0.25, -0.2) is 8.42 Å². The van der Waals surface area contributed by atoms with E-state index in [1.54, 1.807) is 17.0 Å². The van der Waals surface area contributed by atoms with Crippen molar-refractivity contribution < 1.29 is 17.9 Å². The van der Waals surface area contributed by atoms with Gasteiger partial charge in [0.1, 0.15) is 12.4 Å².